The van der Waals surface area contributed by atoms with Gasteiger partial charge in [0.1, 0.15) is 11.3 Å². The van der Waals surface area contributed by atoms with Crippen LogP contribution in [0.1, 0.15) is 15.9 Å². The number of carbonyl (C=O) groups is 1. The quantitative estimate of drug-likeness (QED) is 0.631. The first-order chi connectivity index (χ1) is 11.7. The Morgan fingerprint density at radius 2 is 1.92 bits per heavy atom. The van der Waals surface area contributed by atoms with Crippen molar-refractivity contribution in [3.8, 4) is 5.75 Å². The van der Waals surface area contributed by atoms with Gasteiger partial charge in [-0.05, 0) is 18.2 Å². The molecule has 2 aromatic rings. The van der Waals surface area contributed by atoms with Crippen molar-refractivity contribution in [3.63, 3.8) is 0 Å². The Morgan fingerprint density at radius 3 is 2.56 bits per heavy atom. The van der Waals surface area contributed by atoms with E-state index in [2.05, 4.69) is 10.1 Å². The van der Waals surface area contributed by atoms with Gasteiger partial charge in [0.15, 0.2) is 0 Å². The second-order valence-electron chi connectivity index (χ2n) is 4.76. The Kier molecular flexibility index (Phi) is 5.48. The van der Waals surface area contributed by atoms with E-state index in [4.69, 9.17) is 11.6 Å². The molecule has 0 atom stereocenters. The van der Waals surface area contributed by atoms with Gasteiger partial charge in [-0.25, -0.2) is 0 Å². The van der Waals surface area contributed by atoms with E-state index < -0.39 is 28.6 Å². The zero-order valence-electron chi connectivity index (χ0n) is 12.3. The van der Waals surface area contributed by atoms with Crippen molar-refractivity contribution in [2.45, 2.75) is 12.9 Å². The average Bonchev–Trinajstić information content (AvgIpc) is 2.52. The zero-order valence-corrected chi connectivity index (χ0v) is 13.1. The fraction of sp³-hybridized carbons (Fsp3) is 0.133. The Morgan fingerprint density at radius 1 is 1.24 bits per heavy atom. The van der Waals surface area contributed by atoms with E-state index in [0.717, 1.165) is 18.2 Å². The molecule has 132 valence electrons. The molecule has 0 aliphatic carbocycles. The number of para-hydroxylation sites is 1. The van der Waals surface area contributed by atoms with Gasteiger partial charge in [-0.1, -0.05) is 29.8 Å². The number of alkyl halides is 3. The van der Waals surface area contributed by atoms with Crippen LogP contribution < -0.4 is 10.1 Å². The molecule has 0 aliphatic rings. The third-order valence-electron chi connectivity index (χ3n) is 3.04. The van der Waals surface area contributed by atoms with Gasteiger partial charge in [0.25, 0.3) is 11.6 Å². The van der Waals surface area contributed by atoms with E-state index in [9.17, 15) is 28.1 Å². The summed E-state index contributed by atoms with van der Waals surface area (Å²) >= 11 is 5.73. The molecule has 25 heavy (non-hydrogen) atoms. The lowest BCUT2D eigenvalue weighted by molar-refractivity contribution is -0.385. The monoisotopic (exact) mass is 374 g/mol. The Bertz CT molecular complexity index is 812. The summed E-state index contributed by atoms with van der Waals surface area (Å²) in [4.78, 5) is 22.4. The van der Waals surface area contributed by atoms with Gasteiger partial charge >= 0.3 is 6.36 Å². The van der Waals surface area contributed by atoms with Crippen LogP contribution in [0.5, 0.6) is 5.75 Å². The Hall–Kier alpha value is -2.81. The number of nitrogens with one attached hydrogen (secondary N) is 1. The summed E-state index contributed by atoms with van der Waals surface area (Å²) in [5.41, 5.74) is -0.716. The van der Waals surface area contributed by atoms with Crippen LogP contribution >= 0.6 is 11.6 Å². The molecular weight excluding hydrogens is 365 g/mol. The predicted molar refractivity (Wildman–Crippen MR) is 82.4 cm³/mol. The molecular formula is C15H10ClF3N2O4. The Balaban J connectivity index is 2.19. The molecule has 6 nitrogen and oxygen atoms in total. The largest absolute Gasteiger partial charge is 0.573 e. The van der Waals surface area contributed by atoms with Crippen molar-refractivity contribution in [3.05, 3.63) is 68.7 Å². The number of nitro groups is 1. The second kappa shape index (κ2) is 7.39. The predicted octanol–water partition coefficient (Wildman–Crippen LogP) is 4.08. The molecule has 0 unspecified atom stereocenters. The number of hydrogen-bond donors (Lipinski definition) is 1. The standard InChI is InChI=1S/C15H10ClF3N2O4/c16-10-5-6-12(21(23)24)11(7-10)14(22)20-8-9-3-1-2-4-13(9)25-15(17,18)19/h1-7H,8H2,(H,20,22). The summed E-state index contributed by atoms with van der Waals surface area (Å²) in [5.74, 6) is -1.33. The maximum atomic E-state index is 12.4. The normalized spacial score (nSPS) is 11.0. The topological polar surface area (TPSA) is 81.5 Å². The van der Waals surface area contributed by atoms with E-state index in [1.54, 1.807) is 0 Å². The van der Waals surface area contributed by atoms with E-state index in [-0.39, 0.29) is 22.7 Å². The van der Waals surface area contributed by atoms with Crippen LogP contribution in [0.3, 0.4) is 0 Å². The van der Waals surface area contributed by atoms with Crippen molar-refractivity contribution in [1.82, 2.24) is 5.32 Å². The van der Waals surface area contributed by atoms with Crippen LogP contribution in [0.2, 0.25) is 5.02 Å². The molecule has 10 heteroatoms. The molecule has 0 spiro atoms. The number of ether oxygens (including phenoxy) is 1. The number of hydrogen-bond acceptors (Lipinski definition) is 4. The molecule has 0 saturated carbocycles. The van der Waals surface area contributed by atoms with Crippen LogP contribution in [-0.2, 0) is 6.54 Å². The number of amides is 1. The number of carbonyl (C=O) groups excluding carboxylic acids is 1. The van der Waals surface area contributed by atoms with Crippen molar-refractivity contribution < 1.29 is 27.6 Å². The van der Waals surface area contributed by atoms with Gasteiger partial charge in [-0.3, -0.25) is 14.9 Å². The van der Waals surface area contributed by atoms with Crippen molar-refractivity contribution in [2.75, 3.05) is 0 Å². The lowest BCUT2D eigenvalue weighted by Gasteiger charge is -2.13. The van der Waals surface area contributed by atoms with E-state index in [1.165, 1.54) is 24.3 Å². The van der Waals surface area contributed by atoms with E-state index in [0.29, 0.717) is 0 Å². The minimum atomic E-state index is -4.88. The van der Waals surface area contributed by atoms with Crippen LogP contribution in [0, 0.1) is 10.1 Å². The van der Waals surface area contributed by atoms with E-state index in [1.807, 2.05) is 0 Å². The highest BCUT2D eigenvalue weighted by molar-refractivity contribution is 6.31. The number of benzene rings is 2. The molecule has 0 bridgehead atoms. The third kappa shape index (κ3) is 5.08. The number of rotatable bonds is 5. The summed E-state index contributed by atoms with van der Waals surface area (Å²) in [6.07, 6.45) is -4.88. The second-order valence-corrected chi connectivity index (χ2v) is 5.19. The molecule has 2 rings (SSSR count). The molecule has 1 amide bonds. The SMILES string of the molecule is O=C(NCc1ccccc1OC(F)(F)F)c1cc(Cl)ccc1[N+](=O)[O-]. The summed E-state index contributed by atoms with van der Waals surface area (Å²) < 4.78 is 41.0. The number of halogens is 4. The lowest BCUT2D eigenvalue weighted by atomic mass is 10.1. The molecule has 0 radical (unpaired) electrons. The average molecular weight is 375 g/mol. The fourth-order valence-electron chi connectivity index (χ4n) is 1.99. The van der Waals surface area contributed by atoms with Gasteiger partial charge in [-0.2, -0.15) is 0 Å². The smallest absolute Gasteiger partial charge is 0.405 e. The molecule has 0 fully saturated rings. The zero-order chi connectivity index (χ0) is 18.6. The van der Waals surface area contributed by atoms with Gasteiger partial charge in [0, 0.05) is 23.2 Å². The van der Waals surface area contributed by atoms with Gasteiger partial charge in [-0.15, -0.1) is 13.2 Å². The molecule has 1 N–H and O–H groups in total. The van der Waals surface area contributed by atoms with Crippen LogP contribution in [-0.4, -0.2) is 17.2 Å². The summed E-state index contributed by atoms with van der Waals surface area (Å²) in [5, 5.41) is 13.4. The van der Waals surface area contributed by atoms with Gasteiger partial charge in [0.2, 0.25) is 0 Å². The maximum Gasteiger partial charge on any atom is 0.573 e. The molecule has 0 saturated heterocycles. The third-order valence-corrected chi connectivity index (χ3v) is 3.27. The maximum absolute atomic E-state index is 12.4. The minimum Gasteiger partial charge on any atom is -0.405 e. The van der Waals surface area contributed by atoms with Crippen molar-refractivity contribution >= 4 is 23.2 Å². The first-order valence-electron chi connectivity index (χ1n) is 6.73. The molecule has 0 heterocycles. The van der Waals surface area contributed by atoms with Crippen LogP contribution in [0.4, 0.5) is 18.9 Å². The highest BCUT2D eigenvalue weighted by Crippen LogP contribution is 2.27. The van der Waals surface area contributed by atoms with Gasteiger partial charge < -0.3 is 10.1 Å². The summed E-state index contributed by atoms with van der Waals surface area (Å²) in [6, 6.07) is 8.65. The minimum absolute atomic E-state index is 0.0536. The highest BCUT2D eigenvalue weighted by Gasteiger charge is 2.32. The van der Waals surface area contributed by atoms with Crippen LogP contribution in [0.15, 0.2) is 42.5 Å². The number of nitro benzene ring substituents is 1. The first-order valence-corrected chi connectivity index (χ1v) is 7.11. The highest BCUT2D eigenvalue weighted by atomic mass is 35.5. The van der Waals surface area contributed by atoms with Crippen molar-refractivity contribution in [1.29, 1.82) is 0 Å². The molecule has 2 aromatic carbocycles. The van der Waals surface area contributed by atoms with Crippen molar-refractivity contribution in [2.24, 2.45) is 0 Å². The fourth-order valence-corrected chi connectivity index (χ4v) is 2.17. The Labute approximate surface area is 144 Å². The summed E-state index contributed by atoms with van der Waals surface area (Å²) in [7, 11) is 0. The molecule has 0 aromatic heterocycles. The van der Waals surface area contributed by atoms with Gasteiger partial charge in [0.05, 0.1) is 4.92 Å². The first kappa shape index (κ1) is 18.5. The van der Waals surface area contributed by atoms with Crippen LogP contribution in [0.25, 0.3) is 0 Å². The summed E-state index contributed by atoms with van der Waals surface area (Å²) in [6.45, 7) is -0.325. The number of nitrogens with zero attached hydrogens (tertiary/aromatic N) is 1. The lowest BCUT2D eigenvalue weighted by Crippen LogP contribution is -2.25. The molecule has 0 aliphatic heterocycles. The van der Waals surface area contributed by atoms with E-state index >= 15 is 0 Å².